The first-order chi connectivity index (χ1) is 8.79. The lowest BCUT2D eigenvalue weighted by molar-refractivity contribution is -0.0295. The highest BCUT2D eigenvalue weighted by molar-refractivity contribution is 5.13. The molecule has 0 unspecified atom stereocenters. The molecule has 0 spiro atoms. The number of hydrogen-bond donors (Lipinski definition) is 1. The van der Waals surface area contributed by atoms with E-state index in [9.17, 15) is 5.11 Å². The standard InChI is InChI=1S/C15H20O3/c1-2-6-15-14(16)9-13(18-15)11-17-10-12-7-4-3-5-8-12/h2-5,7-8,13-16H,1,6,9-11H2/t13-,14-,15+/m0/s1. The van der Waals surface area contributed by atoms with Crippen molar-refractivity contribution in [2.45, 2.75) is 37.8 Å². The van der Waals surface area contributed by atoms with E-state index < -0.39 is 6.10 Å². The maximum Gasteiger partial charge on any atom is 0.0874 e. The van der Waals surface area contributed by atoms with E-state index >= 15 is 0 Å². The van der Waals surface area contributed by atoms with E-state index in [0.717, 1.165) is 5.56 Å². The number of hydrogen-bond acceptors (Lipinski definition) is 3. The van der Waals surface area contributed by atoms with Crippen LogP contribution >= 0.6 is 0 Å². The maximum absolute atomic E-state index is 9.78. The number of aliphatic hydroxyl groups excluding tert-OH is 1. The minimum Gasteiger partial charge on any atom is -0.390 e. The summed E-state index contributed by atoms with van der Waals surface area (Å²) >= 11 is 0. The Bertz CT molecular complexity index is 363. The molecule has 3 nitrogen and oxygen atoms in total. The first kappa shape index (κ1) is 13.3. The van der Waals surface area contributed by atoms with Crippen molar-refractivity contribution in [3.05, 3.63) is 48.6 Å². The van der Waals surface area contributed by atoms with Gasteiger partial charge in [-0.25, -0.2) is 0 Å². The van der Waals surface area contributed by atoms with Gasteiger partial charge >= 0.3 is 0 Å². The fraction of sp³-hybridized carbons (Fsp3) is 0.467. The van der Waals surface area contributed by atoms with Crippen molar-refractivity contribution in [1.29, 1.82) is 0 Å². The average Bonchev–Trinajstić information content (AvgIpc) is 2.72. The van der Waals surface area contributed by atoms with E-state index in [0.29, 0.717) is 26.1 Å². The molecule has 2 rings (SSSR count). The highest BCUT2D eigenvalue weighted by Gasteiger charge is 2.32. The summed E-state index contributed by atoms with van der Waals surface area (Å²) in [6, 6.07) is 10.0. The molecule has 3 atom stereocenters. The Hall–Kier alpha value is -1.16. The molecule has 1 aliphatic heterocycles. The van der Waals surface area contributed by atoms with E-state index in [1.807, 2.05) is 30.3 Å². The number of rotatable bonds is 6. The van der Waals surface area contributed by atoms with Crippen molar-refractivity contribution in [2.75, 3.05) is 6.61 Å². The van der Waals surface area contributed by atoms with Gasteiger partial charge in [0.05, 0.1) is 31.5 Å². The van der Waals surface area contributed by atoms with Gasteiger partial charge < -0.3 is 14.6 Å². The summed E-state index contributed by atoms with van der Waals surface area (Å²) in [5.41, 5.74) is 1.15. The Morgan fingerprint density at radius 1 is 1.39 bits per heavy atom. The lowest BCUT2D eigenvalue weighted by Crippen LogP contribution is -2.19. The fourth-order valence-corrected chi connectivity index (χ4v) is 2.18. The van der Waals surface area contributed by atoms with Crippen molar-refractivity contribution < 1.29 is 14.6 Å². The molecule has 1 heterocycles. The summed E-state index contributed by atoms with van der Waals surface area (Å²) in [5.74, 6) is 0. The van der Waals surface area contributed by atoms with E-state index in [4.69, 9.17) is 9.47 Å². The van der Waals surface area contributed by atoms with Crippen LogP contribution in [0.3, 0.4) is 0 Å². The molecular weight excluding hydrogens is 228 g/mol. The van der Waals surface area contributed by atoms with Gasteiger partial charge in [0.25, 0.3) is 0 Å². The van der Waals surface area contributed by atoms with Gasteiger partial charge in [-0.2, -0.15) is 0 Å². The zero-order valence-corrected chi connectivity index (χ0v) is 10.5. The van der Waals surface area contributed by atoms with Crippen LogP contribution in [0.2, 0.25) is 0 Å². The van der Waals surface area contributed by atoms with Crippen molar-refractivity contribution >= 4 is 0 Å². The molecule has 1 N–H and O–H groups in total. The second kappa shape index (κ2) is 6.69. The topological polar surface area (TPSA) is 38.7 Å². The lowest BCUT2D eigenvalue weighted by atomic mass is 10.1. The molecule has 1 aromatic carbocycles. The third kappa shape index (κ3) is 3.67. The van der Waals surface area contributed by atoms with Crippen LogP contribution in [-0.2, 0) is 16.1 Å². The highest BCUT2D eigenvalue weighted by atomic mass is 16.6. The average molecular weight is 248 g/mol. The predicted molar refractivity (Wildman–Crippen MR) is 70.2 cm³/mol. The number of aliphatic hydroxyl groups is 1. The molecule has 98 valence electrons. The number of ether oxygens (including phenoxy) is 2. The Labute approximate surface area is 108 Å². The SMILES string of the molecule is C=CC[C@H]1O[C@H](COCc2ccccc2)C[C@@H]1O. The summed E-state index contributed by atoms with van der Waals surface area (Å²) in [4.78, 5) is 0. The molecule has 1 aromatic rings. The van der Waals surface area contributed by atoms with Crippen LogP contribution in [0.4, 0.5) is 0 Å². The fourth-order valence-electron chi connectivity index (χ4n) is 2.18. The van der Waals surface area contributed by atoms with Crippen LogP contribution in [-0.4, -0.2) is 30.0 Å². The Balaban J connectivity index is 1.70. The molecule has 1 aliphatic rings. The summed E-state index contributed by atoms with van der Waals surface area (Å²) in [5, 5.41) is 9.78. The van der Waals surface area contributed by atoms with Crippen LogP contribution in [0.5, 0.6) is 0 Å². The molecule has 1 fully saturated rings. The molecular formula is C15H20O3. The zero-order valence-electron chi connectivity index (χ0n) is 10.5. The van der Waals surface area contributed by atoms with E-state index in [2.05, 4.69) is 6.58 Å². The van der Waals surface area contributed by atoms with Crippen molar-refractivity contribution in [3.8, 4) is 0 Å². The molecule has 0 bridgehead atoms. The Morgan fingerprint density at radius 3 is 2.89 bits per heavy atom. The first-order valence-electron chi connectivity index (χ1n) is 6.35. The minimum atomic E-state index is -0.395. The van der Waals surface area contributed by atoms with Crippen LogP contribution in [0.25, 0.3) is 0 Å². The molecule has 0 aliphatic carbocycles. The predicted octanol–water partition coefficient (Wildman–Crippen LogP) is 2.30. The third-order valence-electron chi connectivity index (χ3n) is 3.12. The normalized spacial score (nSPS) is 27.3. The molecule has 0 radical (unpaired) electrons. The summed E-state index contributed by atoms with van der Waals surface area (Å²) in [6.07, 6.45) is 2.60. The van der Waals surface area contributed by atoms with Gasteiger partial charge in [-0.3, -0.25) is 0 Å². The highest BCUT2D eigenvalue weighted by Crippen LogP contribution is 2.23. The molecule has 18 heavy (non-hydrogen) atoms. The number of benzene rings is 1. The van der Waals surface area contributed by atoms with Crippen LogP contribution in [0.15, 0.2) is 43.0 Å². The van der Waals surface area contributed by atoms with Crippen LogP contribution in [0, 0.1) is 0 Å². The summed E-state index contributed by atoms with van der Waals surface area (Å²) in [6.45, 7) is 4.78. The largest absolute Gasteiger partial charge is 0.390 e. The molecule has 0 aromatic heterocycles. The second-order valence-corrected chi connectivity index (χ2v) is 4.62. The van der Waals surface area contributed by atoms with Crippen molar-refractivity contribution in [1.82, 2.24) is 0 Å². The van der Waals surface area contributed by atoms with Gasteiger partial charge in [0.2, 0.25) is 0 Å². The van der Waals surface area contributed by atoms with Gasteiger partial charge in [-0.05, 0) is 12.0 Å². The van der Waals surface area contributed by atoms with Gasteiger partial charge in [0, 0.05) is 6.42 Å². The van der Waals surface area contributed by atoms with Gasteiger partial charge in [0.15, 0.2) is 0 Å². The second-order valence-electron chi connectivity index (χ2n) is 4.62. The van der Waals surface area contributed by atoms with E-state index in [-0.39, 0.29) is 12.2 Å². The van der Waals surface area contributed by atoms with Gasteiger partial charge in [-0.1, -0.05) is 36.4 Å². The maximum atomic E-state index is 9.78. The molecule has 3 heteroatoms. The van der Waals surface area contributed by atoms with Crippen molar-refractivity contribution in [3.63, 3.8) is 0 Å². The Kier molecular flexibility index (Phi) is 4.93. The summed E-state index contributed by atoms with van der Waals surface area (Å²) < 4.78 is 11.3. The van der Waals surface area contributed by atoms with Crippen molar-refractivity contribution in [2.24, 2.45) is 0 Å². The van der Waals surface area contributed by atoms with Gasteiger partial charge in [-0.15, -0.1) is 6.58 Å². The third-order valence-corrected chi connectivity index (χ3v) is 3.12. The van der Waals surface area contributed by atoms with Crippen LogP contribution < -0.4 is 0 Å². The van der Waals surface area contributed by atoms with Crippen LogP contribution in [0.1, 0.15) is 18.4 Å². The Morgan fingerprint density at radius 2 is 2.17 bits per heavy atom. The quantitative estimate of drug-likeness (QED) is 0.785. The lowest BCUT2D eigenvalue weighted by Gasteiger charge is -2.13. The smallest absolute Gasteiger partial charge is 0.0874 e. The summed E-state index contributed by atoms with van der Waals surface area (Å²) in [7, 11) is 0. The first-order valence-corrected chi connectivity index (χ1v) is 6.35. The van der Waals surface area contributed by atoms with E-state index in [1.54, 1.807) is 6.08 Å². The molecule has 0 saturated carbocycles. The minimum absolute atomic E-state index is 0.00587. The zero-order chi connectivity index (χ0) is 12.8. The molecule has 1 saturated heterocycles. The van der Waals surface area contributed by atoms with Gasteiger partial charge in [0.1, 0.15) is 0 Å². The van der Waals surface area contributed by atoms with E-state index in [1.165, 1.54) is 0 Å². The molecule has 0 amide bonds. The monoisotopic (exact) mass is 248 g/mol.